The van der Waals surface area contributed by atoms with Crippen molar-refractivity contribution in [1.29, 1.82) is 0 Å². The molecule has 0 aromatic heterocycles. The topological polar surface area (TPSA) is 42.8 Å². The Morgan fingerprint density at radius 2 is 1.83 bits per heavy atom. The van der Waals surface area contributed by atoms with Gasteiger partial charge in [0.05, 0.1) is 5.69 Å². The molecule has 0 atom stereocenters. The maximum Gasteiger partial charge on any atom is 0.157 e. The third kappa shape index (κ3) is 6.37. The molecule has 0 radical (unpaired) electrons. The van der Waals surface area contributed by atoms with E-state index in [2.05, 4.69) is 10.5 Å². The van der Waals surface area contributed by atoms with E-state index in [0.717, 1.165) is 18.5 Å². The van der Waals surface area contributed by atoms with Crippen molar-refractivity contribution in [2.45, 2.75) is 33.0 Å². The number of hydrazone groups is 1. The van der Waals surface area contributed by atoms with Gasteiger partial charge in [-0.15, -0.1) is 0 Å². The summed E-state index contributed by atoms with van der Waals surface area (Å²) < 4.78 is 10.9. The van der Waals surface area contributed by atoms with Gasteiger partial charge in [-0.2, -0.15) is 5.10 Å². The maximum atomic E-state index is 5.44. The van der Waals surface area contributed by atoms with Gasteiger partial charge < -0.3 is 9.47 Å². The molecular weight excluding hydrogens is 228 g/mol. The summed E-state index contributed by atoms with van der Waals surface area (Å²) in [5.41, 5.74) is 3.96. The predicted molar refractivity (Wildman–Crippen MR) is 74.8 cm³/mol. The summed E-state index contributed by atoms with van der Waals surface area (Å²) in [5, 5.41) is 4.15. The van der Waals surface area contributed by atoms with Gasteiger partial charge >= 0.3 is 0 Å². The molecule has 0 amide bonds. The standard InChI is InChI=1S/C14H22N2O2/c1-3-17-14(18-4-2)11-8-12-15-16-13-9-6-5-7-10-13/h5-7,9-10,12,14,16H,3-4,8,11H2,1-2H3/b15-12+. The zero-order valence-electron chi connectivity index (χ0n) is 11.1. The van der Waals surface area contributed by atoms with E-state index in [-0.39, 0.29) is 6.29 Å². The highest BCUT2D eigenvalue weighted by Crippen LogP contribution is 2.05. The lowest BCUT2D eigenvalue weighted by atomic mass is 10.3. The first-order valence-corrected chi connectivity index (χ1v) is 6.42. The molecule has 0 aliphatic heterocycles. The van der Waals surface area contributed by atoms with Crippen LogP contribution in [0.4, 0.5) is 5.69 Å². The molecule has 0 saturated carbocycles. The van der Waals surface area contributed by atoms with Gasteiger partial charge in [-0.05, 0) is 32.4 Å². The number of benzene rings is 1. The number of nitrogens with one attached hydrogen (secondary N) is 1. The van der Waals surface area contributed by atoms with Crippen LogP contribution in [0, 0.1) is 0 Å². The first kappa shape index (κ1) is 14.7. The molecule has 4 heteroatoms. The Morgan fingerprint density at radius 1 is 1.17 bits per heavy atom. The van der Waals surface area contributed by atoms with Gasteiger partial charge in [0.25, 0.3) is 0 Å². The number of rotatable bonds is 9. The average molecular weight is 250 g/mol. The monoisotopic (exact) mass is 250 g/mol. The van der Waals surface area contributed by atoms with E-state index in [1.807, 2.05) is 50.4 Å². The van der Waals surface area contributed by atoms with Crippen LogP contribution in [0.15, 0.2) is 35.4 Å². The number of anilines is 1. The summed E-state index contributed by atoms with van der Waals surface area (Å²) in [6.45, 7) is 5.28. The van der Waals surface area contributed by atoms with E-state index in [9.17, 15) is 0 Å². The van der Waals surface area contributed by atoms with E-state index in [4.69, 9.17) is 9.47 Å². The summed E-state index contributed by atoms with van der Waals surface area (Å²) >= 11 is 0. The molecule has 1 aromatic rings. The average Bonchev–Trinajstić information content (AvgIpc) is 2.40. The van der Waals surface area contributed by atoms with Crippen LogP contribution in [0.3, 0.4) is 0 Å². The van der Waals surface area contributed by atoms with Crippen molar-refractivity contribution in [2.75, 3.05) is 18.6 Å². The number of hydrogen-bond donors (Lipinski definition) is 1. The quantitative estimate of drug-likeness (QED) is 0.415. The van der Waals surface area contributed by atoms with E-state index < -0.39 is 0 Å². The van der Waals surface area contributed by atoms with E-state index >= 15 is 0 Å². The Bertz CT molecular complexity index is 322. The van der Waals surface area contributed by atoms with Crippen LogP contribution in [-0.2, 0) is 9.47 Å². The van der Waals surface area contributed by atoms with Gasteiger partial charge in [-0.3, -0.25) is 5.43 Å². The Hall–Kier alpha value is -1.39. The fourth-order valence-electron chi connectivity index (χ4n) is 1.49. The van der Waals surface area contributed by atoms with Crippen LogP contribution in [0.1, 0.15) is 26.7 Å². The highest BCUT2D eigenvalue weighted by atomic mass is 16.7. The second-order valence-electron chi connectivity index (χ2n) is 3.71. The molecule has 0 spiro atoms. The lowest BCUT2D eigenvalue weighted by Gasteiger charge is -2.15. The molecule has 0 heterocycles. The van der Waals surface area contributed by atoms with Gasteiger partial charge in [0.2, 0.25) is 0 Å². The Kier molecular flexibility index (Phi) is 7.84. The van der Waals surface area contributed by atoms with E-state index in [1.54, 1.807) is 0 Å². The lowest BCUT2D eigenvalue weighted by Crippen LogP contribution is -2.17. The van der Waals surface area contributed by atoms with Crippen molar-refractivity contribution in [3.63, 3.8) is 0 Å². The molecule has 18 heavy (non-hydrogen) atoms. The van der Waals surface area contributed by atoms with Gasteiger partial charge in [0.15, 0.2) is 6.29 Å². The molecule has 1 N–H and O–H groups in total. The third-order valence-corrected chi connectivity index (χ3v) is 2.30. The van der Waals surface area contributed by atoms with Crippen LogP contribution >= 0.6 is 0 Å². The number of hydrogen-bond acceptors (Lipinski definition) is 4. The fraction of sp³-hybridized carbons (Fsp3) is 0.500. The second-order valence-corrected chi connectivity index (χ2v) is 3.71. The molecule has 1 aromatic carbocycles. The summed E-state index contributed by atoms with van der Waals surface area (Å²) in [4.78, 5) is 0. The minimum absolute atomic E-state index is 0.122. The minimum Gasteiger partial charge on any atom is -0.353 e. The highest BCUT2D eigenvalue weighted by Gasteiger charge is 2.05. The molecule has 0 aliphatic rings. The fourth-order valence-corrected chi connectivity index (χ4v) is 1.49. The molecule has 0 aliphatic carbocycles. The van der Waals surface area contributed by atoms with E-state index in [0.29, 0.717) is 13.2 Å². The smallest absolute Gasteiger partial charge is 0.157 e. The zero-order valence-corrected chi connectivity index (χ0v) is 11.1. The molecule has 0 saturated heterocycles. The molecule has 4 nitrogen and oxygen atoms in total. The highest BCUT2D eigenvalue weighted by molar-refractivity contribution is 5.59. The van der Waals surface area contributed by atoms with Crippen LogP contribution < -0.4 is 5.43 Å². The van der Waals surface area contributed by atoms with Crippen LogP contribution in [0.2, 0.25) is 0 Å². The second kappa shape index (κ2) is 9.62. The molecule has 1 rings (SSSR count). The third-order valence-electron chi connectivity index (χ3n) is 2.30. The van der Waals surface area contributed by atoms with Crippen LogP contribution in [-0.4, -0.2) is 25.7 Å². The van der Waals surface area contributed by atoms with Crippen molar-refractivity contribution in [3.8, 4) is 0 Å². The van der Waals surface area contributed by atoms with Gasteiger partial charge in [-0.1, -0.05) is 18.2 Å². The Balaban J connectivity index is 2.19. The Morgan fingerprint density at radius 3 is 2.44 bits per heavy atom. The number of nitrogens with zero attached hydrogens (tertiary/aromatic N) is 1. The van der Waals surface area contributed by atoms with Gasteiger partial charge in [0.1, 0.15) is 0 Å². The van der Waals surface area contributed by atoms with Gasteiger partial charge in [0, 0.05) is 25.8 Å². The molecule has 0 bridgehead atoms. The molecular formula is C14H22N2O2. The summed E-state index contributed by atoms with van der Waals surface area (Å²) in [7, 11) is 0. The predicted octanol–water partition coefficient (Wildman–Crippen LogP) is 3.26. The molecule has 0 fully saturated rings. The maximum absolute atomic E-state index is 5.44. The first-order valence-electron chi connectivity index (χ1n) is 6.42. The molecule has 100 valence electrons. The van der Waals surface area contributed by atoms with Crippen molar-refractivity contribution in [3.05, 3.63) is 30.3 Å². The van der Waals surface area contributed by atoms with Crippen molar-refractivity contribution in [1.82, 2.24) is 0 Å². The van der Waals surface area contributed by atoms with Crippen LogP contribution in [0.25, 0.3) is 0 Å². The first-order chi connectivity index (χ1) is 8.86. The lowest BCUT2D eigenvalue weighted by molar-refractivity contribution is -0.138. The van der Waals surface area contributed by atoms with Crippen molar-refractivity contribution in [2.24, 2.45) is 5.10 Å². The zero-order chi connectivity index (χ0) is 13.1. The summed E-state index contributed by atoms with van der Waals surface area (Å²) in [5.74, 6) is 0. The number of ether oxygens (including phenoxy) is 2. The SMILES string of the molecule is CCOC(CC/C=N/Nc1ccccc1)OCC. The molecule has 0 unspecified atom stereocenters. The largest absolute Gasteiger partial charge is 0.353 e. The Labute approximate surface area is 109 Å². The normalized spacial score (nSPS) is 11.3. The van der Waals surface area contributed by atoms with Gasteiger partial charge in [-0.25, -0.2) is 0 Å². The van der Waals surface area contributed by atoms with Crippen molar-refractivity contribution < 1.29 is 9.47 Å². The van der Waals surface area contributed by atoms with Crippen molar-refractivity contribution >= 4 is 11.9 Å². The summed E-state index contributed by atoms with van der Waals surface area (Å²) in [6, 6.07) is 9.86. The number of para-hydroxylation sites is 1. The minimum atomic E-state index is -0.122. The van der Waals surface area contributed by atoms with Crippen LogP contribution in [0.5, 0.6) is 0 Å². The summed E-state index contributed by atoms with van der Waals surface area (Å²) in [6.07, 6.45) is 3.37. The van der Waals surface area contributed by atoms with E-state index in [1.165, 1.54) is 0 Å².